The van der Waals surface area contributed by atoms with E-state index in [1.165, 1.54) is 0 Å². The first kappa shape index (κ1) is 8.60. The maximum atomic E-state index is 3.01. The minimum absolute atomic E-state index is 0. The fourth-order valence-corrected chi connectivity index (χ4v) is 0.554. The second kappa shape index (κ2) is 4.48. The van der Waals surface area contributed by atoms with Crippen molar-refractivity contribution in [2.75, 3.05) is 12.4 Å². The van der Waals surface area contributed by atoms with Gasteiger partial charge in [0.25, 0.3) is 0 Å². The molecule has 1 radical (unpaired) electrons. The molecule has 0 heterocycles. The van der Waals surface area contributed by atoms with Gasteiger partial charge in [0.1, 0.15) is 0 Å². The van der Waals surface area contributed by atoms with Crippen LogP contribution >= 0.6 is 0 Å². The predicted molar refractivity (Wildman–Crippen MR) is 34.8 cm³/mol. The van der Waals surface area contributed by atoms with Crippen molar-refractivity contribution in [1.29, 1.82) is 0 Å². The van der Waals surface area contributed by atoms with Crippen LogP contribution in [0.4, 0.5) is 5.69 Å². The Balaban J connectivity index is 0.000000640. The van der Waals surface area contributed by atoms with Gasteiger partial charge in [-0.15, -0.1) is 12.1 Å². The summed E-state index contributed by atoms with van der Waals surface area (Å²) >= 11 is 0. The van der Waals surface area contributed by atoms with Crippen LogP contribution < -0.4 is 5.32 Å². The van der Waals surface area contributed by atoms with E-state index < -0.39 is 0 Å². The summed E-state index contributed by atoms with van der Waals surface area (Å²) in [7, 11) is 1.90. The molecule has 0 aliphatic rings. The maximum Gasteiger partial charge on any atom is 0.00123 e. The number of benzene rings is 1. The molecule has 0 fully saturated rings. The maximum absolute atomic E-state index is 3.01. The Morgan fingerprint density at radius 3 is 2.22 bits per heavy atom. The van der Waals surface area contributed by atoms with Crippen molar-refractivity contribution in [3.63, 3.8) is 0 Å². The molecule has 0 saturated heterocycles. The average molecular weight is 157 g/mol. The van der Waals surface area contributed by atoms with E-state index in [1.54, 1.807) is 0 Å². The van der Waals surface area contributed by atoms with Gasteiger partial charge in [-0.25, -0.2) is 0 Å². The van der Waals surface area contributed by atoms with Gasteiger partial charge in [-0.2, -0.15) is 18.2 Å². The third kappa shape index (κ3) is 2.59. The minimum Gasteiger partial charge on any atom is -0.409 e. The van der Waals surface area contributed by atoms with Crippen LogP contribution in [-0.4, -0.2) is 7.05 Å². The van der Waals surface area contributed by atoms with Crippen LogP contribution in [0.3, 0.4) is 0 Å². The van der Waals surface area contributed by atoms with Gasteiger partial charge >= 0.3 is 0 Å². The fraction of sp³-hybridized carbons (Fsp3) is 0.143. The molecule has 0 amide bonds. The van der Waals surface area contributed by atoms with Crippen molar-refractivity contribution in [3.8, 4) is 0 Å². The van der Waals surface area contributed by atoms with Crippen molar-refractivity contribution in [2.45, 2.75) is 0 Å². The van der Waals surface area contributed by atoms with E-state index >= 15 is 0 Å². The van der Waals surface area contributed by atoms with Crippen molar-refractivity contribution in [2.24, 2.45) is 0 Å². The number of rotatable bonds is 1. The van der Waals surface area contributed by atoms with Gasteiger partial charge in [-0.05, 0) is 0 Å². The van der Waals surface area contributed by atoms with Gasteiger partial charge in [-0.3, -0.25) is 0 Å². The molecular formula is C7H8NV-. The molecule has 1 aromatic carbocycles. The van der Waals surface area contributed by atoms with Crippen LogP contribution in [0.5, 0.6) is 0 Å². The van der Waals surface area contributed by atoms with Crippen LogP contribution in [0.1, 0.15) is 0 Å². The zero-order chi connectivity index (χ0) is 5.82. The molecule has 1 aromatic rings. The molecular weight excluding hydrogens is 149 g/mol. The first-order chi connectivity index (χ1) is 3.93. The summed E-state index contributed by atoms with van der Waals surface area (Å²) in [6, 6.07) is 10.6. The third-order valence-corrected chi connectivity index (χ3v) is 1.01. The largest absolute Gasteiger partial charge is 0.409 e. The summed E-state index contributed by atoms with van der Waals surface area (Å²) in [4.78, 5) is 0. The van der Waals surface area contributed by atoms with Crippen LogP contribution in [-0.2, 0) is 18.6 Å². The zero-order valence-electron chi connectivity index (χ0n) is 5.26. The van der Waals surface area contributed by atoms with E-state index in [2.05, 4.69) is 11.4 Å². The molecule has 0 aliphatic carbocycles. The molecule has 1 rings (SSSR count). The number of hydrogen-bond donors (Lipinski definition) is 1. The van der Waals surface area contributed by atoms with Gasteiger partial charge in [-0.1, -0.05) is 5.69 Å². The number of hydrogen-bond acceptors (Lipinski definition) is 1. The first-order valence-corrected chi connectivity index (χ1v) is 2.57. The molecule has 0 spiro atoms. The van der Waals surface area contributed by atoms with Gasteiger partial charge in [0.2, 0.25) is 0 Å². The molecule has 0 saturated carbocycles. The van der Waals surface area contributed by atoms with Crippen LogP contribution in [0.15, 0.2) is 24.3 Å². The smallest absolute Gasteiger partial charge is 0.00123 e. The summed E-state index contributed by atoms with van der Waals surface area (Å²) in [6.45, 7) is 0. The fourth-order valence-electron chi connectivity index (χ4n) is 0.554. The Labute approximate surface area is 67.4 Å². The quantitative estimate of drug-likeness (QED) is 0.609. The van der Waals surface area contributed by atoms with Crippen LogP contribution in [0.25, 0.3) is 0 Å². The SMILES string of the molecule is CNc1cc[c-]cc1.[V]. The topological polar surface area (TPSA) is 12.0 Å². The summed E-state index contributed by atoms with van der Waals surface area (Å²) < 4.78 is 0. The van der Waals surface area contributed by atoms with Gasteiger partial charge < -0.3 is 5.32 Å². The van der Waals surface area contributed by atoms with Gasteiger partial charge in [0.15, 0.2) is 0 Å². The molecule has 0 aromatic heterocycles. The Morgan fingerprint density at radius 1 is 1.33 bits per heavy atom. The van der Waals surface area contributed by atoms with E-state index in [4.69, 9.17) is 0 Å². The van der Waals surface area contributed by atoms with Crippen molar-refractivity contribution in [1.82, 2.24) is 0 Å². The summed E-state index contributed by atoms with van der Waals surface area (Å²) in [5, 5.41) is 3.01. The first-order valence-electron chi connectivity index (χ1n) is 2.57. The molecule has 9 heavy (non-hydrogen) atoms. The molecule has 0 unspecified atom stereocenters. The predicted octanol–water partition coefficient (Wildman–Crippen LogP) is 1.53. The molecule has 1 N–H and O–H groups in total. The Bertz CT molecular complexity index is 150. The second-order valence-electron chi connectivity index (χ2n) is 1.54. The number of anilines is 1. The molecule has 2 heteroatoms. The van der Waals surface area contributed by atoms with Crippen LogP contribution in [0.2, 0.25) is 0 Å². The van der Waals surface area contributed by atoms with E-state index in [1.807, 2.05) is 31.3 Å². The average Bonchev–Trinajstić information content (AvgIpc) is 1.90. The summed E-state index contributed by atoms with van der Waals surface area (Å²) in [5.74, 6) is 0. The molecule has 1 nitrogen and oxygen atoms in total. The Morgan fingerprint density at radius 2 is 1.89 bits per heavy atom. The summed E-state index contributed by atoms with van der Waals surface area (Å²) in [6.07, 6.45) is 0. The zero-order valence-corrected chi connectivity index (χ0v) is 6.65. The van der Waals surface area contributed by atoms with E-state index in [0.29, 0.717) is 0 Å². The second-order valence-corrected chi connectivity index (χ2v) is 1.54. The van der Waals surface area contributed by atoms with Crippen molar-refractivity contribution in [3.05, 3.63) is 30.3 Å². The van der Waals surface area contributed by atoms with E-state index in [0.717, 1.165) is 5.69 Å². The summed E-state index contributed by atoms with van der Waals surface area (Å²) in [5.41, 5.74) is 1.13. The Hall–Kier alpha value is -0.396. The van der Waals surface area contributed by atoms with Gasteiger partial charge in [0, 0.05) is 25.6 Å². The Kier molecular flexibility index (Phi) is 4.28. The van der Waals surface area contributed by atoms with Crippen molar-refractivity contribution >= 4 is 5.69 Å². The van der Waals surface area contributed by atoms with Crippen molar-refractivity contribution < 1.29 is 18.6 Å². The number of nitrogens with one attached hydrogen (secondary N) is 1. The van der Waals surface area contributed by atoms with E-state index in [-0.39, 0.29) is 18.6 Å². The molecule has 0 atom stereocenters. The van der Waals surface area contributed by atoms with Crippen LogP contribution in [0, 0.1) is 6.07 Å². The monoisotopic (exact) mass is 157 g/mol. The standard InChI is InChI=1S/C7H8N.V/c1-8-7-5-3-2-4-6-7;/h3-6,8H,1H3;/q-1;. The van der Waals surface area contributed by atoms with E-state index in [9.17, 15) is 0 Å². The normalized spacial score (nSPS) is 7.67. The van der Waals surface area contributed by atoms with Gasteiger partial charge in [0.05, 0.1) is 0 Å². The third-order valence-electron chi connectivity index (χ3n) is 1.01. The minimum atomic E-state index is 0. The molecule has 0 aliphatic heterocycles. The molecule has 0 bridgehead atoms. The molecule has 47 valence electrons.